The average Bonchev–Trinajstić information content (AvgIpc) is 2.95. The summed E-state index contributed by atoms with van der Waals surface area (Å²) in [5.74, 6) is -0.0169. The normalized spacial score (nSPS) is 23.3. The lowest BCUT2D eigenvalue weighted by Gasteiger charge is -2.43. The molecule has 2 amide bonds. The molecule has 0 unspecified atom stereocenters. The molecule has 1 aromatic heterocycles. The molecule has 0 N–H and O–H groups in total. The summed E-state index contributed by atoms with van der Waals surface area (Å²) in [5, 5.41) is 0. The second-order valence-corrected chi connectivity index (χ2v) is 11.9. The maximum absolute atomic E-state index is 14.3. The molecule has 0 spiro atoms. The molecule has 0 aromatic carbocycles. The van der Waals surface area contributed by atoms with Crippen LogP contribution in [0.2, 0.25) is 0 Å². The molecule has 36 heavy (non-hydrogen) atoms. The molecule has 4 aliphatic rings. The van der Waals surface area contributed by atoms with Gasteiger partial charge in [-0.15, -0.1) is 0 Å². The maximum Gasteiger partial charge on any atom is 0.273 e. The van der Waals surface area contributed by atoms with Crippen LogP contribution in [-0.4, -0.2) is 55.7 Å². The molecule has 0 bridgehead atoms. The Labute approximate surface area is 217 Å². The summed E-state index contributed by atoms with van der Waals surface area (Å²) in [7, 11) is 0. The van der Waals surface area contributed by atoms with Gasteiger partial charge < -0.3 is 9.80 Å². The van der Waals surface area contributed by atoms with Crippen molar-refractivity contribution < 1.29 is 9.59 Å². The van der Waals surface area contributed by atoms with Crippen molar-refractivity contribution in [3.05, 3.63) is 23.8 Å². The molecular weight excluding hydrogens is 448 g/mol. The molecule has 4 aliphatic carbocycles. The Morgan fingerprint density at radius 3 is 1.31 bits per heavy atom. The van der Waals surface area contributed by atoms with Gasteiger partial charge in [-0.05, 0) is 51.4 Å². The summed E-state index contributed by atoms with van der Waals surface area (Å²) in [5.41, 5.74) is 0.790. The predicted octanol–water partition coefficient (Wildman–Crippen LogP) is 6.69. The first-order chi connectivity index (χ1) is 17.7. The Morgan fingerprint density at radius 2 is 0.917 bits per heavy atom. The molecule has 0 radical (unpaired) electrons. The van der Waals surface area contributed by atoms with E-state index in [0.29, 0.717) is 11.3 Å². The Morgan fingerprint density at radius 1 is 0.556 bits per heavy atom. The Balaban J connectivity index is 1.46. The highest BCUT2D eigenvalue weighted by Crippen LogP contribution is 2.34. The highest BCUT2D eigenvalue weighted by molar-refractivity contribution is 6.06. The van der Waals surface area contributed by atoms with Crippen LogP contribution in [0.5, 0.6) is 0 Å². The fourth-order valence-corrected chi connectivity index (χ4v) is 7.61. The summed E-state index contributed by atoms with van der Waals surface area (Å²) >= 11 is 0. The van der Waals surface area contributed by atoms with E-state index in [1.165, 1.54) is 83.4 Å². The molecule has 0 atom stereocenters. The van der Waals surface area contributed by atoms with Gasteiger partial charge in [0, 0.05) is 30.4 Å². The van der Waals surface area contributed by atoms with Crippen molar-refractivity contribution in [2.45, 2.75) is 153 Å². The van der Waals surface area contributed by atoms with E-state index in [1.54, 1.807) is 6.20 Å². The molecule has 1 heterocycles. The lowest BCUT2D eigenvalue weighted by molar-refractivity contribution is 0.0402. The largest absolute Gasteiger partial charge is 0.333 e. The fourth-order valence-electron chi connectivity index (χ4n) is 7.61. The van der Waals surface area contributed by atoms with E-state index in [9.17, 15) is 9.59 Å². The van der Waals surface area contributed by atoms with Crippen molar-refractivity contribution in [3.8, 4) is 0 Å². The number of amides is 2. The maximum atomic E-state index is 14.3. The van der Waals surface area contributed by atoms with E-state index in [0.717, 1.165) is 51.4 Å². The van der Waals surface area contributed by atoms with Crippen LogP contribution >= 0.6 is 0 Å². The van der Waals surface area contributed by atoms with Gasteiger partial charge in [0.2, 0.25) is 0 Å². The van der Waals surface area contributed by atoms with Crippen LogP contribution in [0.15, 0.2) is 12.5 Å². The van der Waals surface area contributed by atoms with Gasteiger partial charge in [0.1, 0.15) is 12.0 Å². The quantitative estimate of drug-likeness (QED) is 0.442. The van der Waals surface area contributed by atoms with E-state index in [1.807, 2.05) is 0 Å². The Kier molecular flexibility index (Phi) is 8.92. The summed E-state index contributed by atoms with van der Waals surface area (Å²) in [6, 6.07) is 1.12. The molecule has 198 valence electrons. The van der Waals surface area contributed by atoms with Gasteiger partial charge in [-0.1, -0.05) is 77.0 Å². The predicted molar refractivity (Wildman–Crippen MR) is 142 cm³/mol. The van der Waals surface area contributed by atoms with Crippen LogP contribution in [0.1, 0.15) is 149 Å². The number of nitrogens with zero attached hydrogens (tertiary/aromatic N) is 4. The monoisotopic (exact) mass is 494 g/mol. The first-order valence-corrected chi connectivity index (χ1v) is 15.2. The molecule has 5 rings (SSSR count). The number of aromatic nitrogens is 2. The summed E-state index contributed by atoms with van der Waals surface area (Å²) in [4.78, 5) is 41.8. The topological polar surface area (TPSA) is 66.4 Å². The summed E-state index contributed by atoms with van der Waals surface area (Å²) < 4.78 is 0. The fraction of sp³-hybridized carbons (Fsp3) is 0.800. The molecule has 4 fully saturated rings. The molecule has 0 saturated heterocycles. The van der Waals surface area contributed by atoms with Gasteiger partial charge in [0.25, 0.3) is 11.8 Å². The average molecular weight is 495 g/mol. The van der Waals surface area contributed by atoms with Gasteiger partial charge in [-0.3, -0.25) is 9.59 Å². The molecule has 6 heteroatoms. The van der Waals surface area contributed by atoms with Crippen LogP contribution in [0.25, 0.3) is 0 Å². The van der Waals surface area contributed by atoms with Crippen molar-refractivity contribution in [3.63, 3.8) is 0 Å². The summed E-state index contributed by atoms with van der Waals surface area (Å²) in [6.07, 6.45) is 26.3. The van der Waals surface area contributed by atoms with Crippen LogP contribution in [0.3, 0.4) is 0 Å². The van der Waals surface area contributed by atoms with E-state index in [2.05, 4.69) is 19.8 Å². The third kappa shape index (κ3) is 5.78. The van der Waals surface area contributed by atoms with Crippen molar-refractivity contribution in [2.75, 3.05) is 0 Å². The lowest BCUT2D eigenvalue weighted by Crippen LogP contribution is -2.51. The number of carbonyl (C=O) groups excluding carboxylic acids is 2. The van der Waals surface area contributed by atoms with Gasteiger partial charge in [0.15, 0.2) is 0 Å². The van der Waals surface area contributed by atoms with Crippen molar-refractivity contribution in [1.29, 1.82) is 0 Å². The van der Waals surface area contributed by atoms with Crippen LogP contribution in [0, 0.1) is 0 Å². The minimum absolute atomic E-state index is 0.00462. The van der Waals surface area contributed by atoms with Gasteiger partial charge >= 0.3 is 0 Å². The zero-order valence-corrected chi connectivity index (χ0v) is 22.2. The van der Waals surface area contributed by atoms with Crippen LogP contribution in [0.4, 0.5) is 0 Å². The second kappa shape index (κ2) is 12.5. The lowest BCUT2D eigenvalue weighted by atomic mass is 9.87. The zero-order valence-electron chi connectivity index (χ0n) is 22.2. The minimum Gasteiger partial charge on any atom is -0.333 e. The number of hydrogen-bond donors (Lipinski definition) is 0. The SMILES string of the molecule is O=C(c1cncnc1C(=O)N(C1CCCCC1)C1CCCCC1)N(C1CCCCC1)C1CCCCC1. The van der Waals surface area contributed by atoms with Crippen LogP contribution < -0.4 is 0 Å². The standard InChI is InChI=1S/C30H46N4O2/c35-29(33(23-13-5-1-6-14-23)24-15-7-2-8-16-24)27-21-31-22-32-28(27)30(36)34(25-17-9-3-10-18-25)26-19-11-4-12-20-26/h21-26H,1-20H2. The van der Waals surface area contributed by atoms with Gasteiger partial charge in [0.05, 0.1) is 5.56 Å². The second-order valence-electron chi connectivity index (χ2n) is 11.9. The Bertz CT molecular complexity index is 758. The number of hydrogen-bond acceptors (Lipinski definition) is 4. The van der Waals surface area contributed by atoms with E-state index in [4.69, 9.17) is 0 Å². The Hall–Kier alpha value is -1.98. The van der Waals surface area contributed by atoms with E-state index in [-0.39, 0.29) is 36.0 Å². The number of carbonyl (C=O) groups is 2. The molecule has 1 aromatic rings. The highest BCUT2D eigenvalue weighted by Gasteiger charge is 2.38. The first kappa shape index (κ1) is 25.7. The van der Waals surface area contributed by atoms with E-state index < -0.39 is 0 Å². The van der Waals surface area contributed by atoms with Crippen LogP contribution in [-0.2, 0) is 0 Å². The molecule has 4 saturated carbocycles. The molecular formula is C30H46N4O2. The van der Waals surface area contributed by atoms with Crippen molar-refractivity contribution >= 4 is 11.8 Å². The third-order valence-corrected chi connectivity index (χ3v) is 9.49. The van der Waals surface area contributed by atoms with Crippen molar-refractivity contribution in [1.82, 2.24) is 19.8 Å². The number of rotatable bonds is 6. The highest BCUT2D eigenvalue weighted by atomic mass is 16.2. The minimum atomic E-state index is -0.0215. The molecule has 6 nitrogen and oxygen atoms in total. The zero-order chi connectivity index (χ0) is 24.7. The smallest absolute Gasteiger partial charge is 0.273 e. The van der Waals surface area contributed by atoms with E-state index >= 15 is 0 Å². The van der Waals surface area contributed by atoms with Crippen molar-refractivity contribution in [2.24, 2.45) is 0 Å². The molecule has 0 aliphatic heterocycles. The first-order valence-electron chi connectivity index (χ1n) is 15.2. The third-order valence-electron chi connectivity index (χ3n) is 9.49. The summed E-state index contributed by atoms with van der Waals surface area (Å²) in [6.45, 7) is 0. The van der Waals surface area contributed by atoms with Gasteiger partial charge in [-0.2, -0.15) is 0 Å². The van der Waals surface area contributed by atoms with Gasteiger partial charge in [-0.25, -0.2) is 9.97 Å².